The van der Waals surface area contributed by atoms with E-state index in [4.69, 9.17) is 0 Å². The number of aromatic amines is 1. The van der Waals surface area contributed by atoms with E-state index in [0.717, 1.165) is 16.7 Å². The van der Waals surface area contributed by atoms with Crippen LogP contribution in [0.3, 0.4) is 0 Å². The normalized spacial score (nSPS) is 12.9. The molecule has 1 atom stereocenters. The molecule has 0 spiro atoms. The lowest BCUT2D eigenvalue weighted by Crippen LogP contribution is -2.35. The van der Waals surface area contributed by atoms with Crippen molar-refractivity contribution in [2.24, 2.45) is 0 Å². The molecule has 0 saturated carbocycles. The van der Waals surface area contributed by atoms with Crippen LogP contribution in [0.5, 0.6) is 0 Å². The zero-order chi connectivity index (χ0) is 17.9. The van der Waals surface area contributed by atoms with Gasteiger partial charge < -0.3 is 5.32 Å². The molecule has 0 bridgehead atoms. The molecular formula is C16H18F3N3O2. The van der Waals surface area contributed by atoms with Crippen molar-refractivity contribution in [1.82, 2.24) is 9.55 Å². The average Bonchev–Trinajstić information content (AvgIpc) is 2.50. The van der Waals surface area contributed by atoms with Crippen LogP contribution in [0.15, 0.2) is 39.9 Å². The molecule has 0 unspecified atom stereocenters. The molecule has 2 aromatic rings. The van der Waals surface area contributed by atoms with Crippen LogP contribution < -0.4 is 16.6 Å². The Bertz CT molecular complexity index is 793. The lowest BCUT2D eigenvalue weighted by atomic mass is 10.0. The Kier molecular flexibility index (Phi) is 5.16. The third-order valence-electron chi connectivity index (χ3n) is 3.55. The number of aromatic nitrogens is 2. The van der Waals surface area contributed by atoms with E-state index < -0.39 is 29.0 Å². The first-order valence-electron chi connectivity index (χ1n) is 7.50. The summed E-state index contributed by atoms with van der Waals surface area (Å²) in [5, 5.41) is 2.85. The molecule has 0 aliphatic carbocycles. The molecule has 8 heteroatoms. The van der Waals surface area contributed by atoms with Crippen LogP contribution >= 0.6 is 0 Å². The monoisotopic (exact) mass is 341 g/mol. The highest BCUT2D eigenvalue weighted by Crippen LogP contribution is 2.31. The van der Waals surface area contributed by atoms with Crippen molar-refractivity contribution in [3.63, 3.8) is 0 Å². The lowest BCUT2D eigenvalue weighted by Gasteiger charge is -2.17. The summed E-state index contributed by atoms with van der Waals surface area (Å²) >= 11 is 0. The molecule has 130 valence electrons. The van der Waals surface area contributed by atoms with E-state index in [1.165, 1.54) is 12.1 Å². The maximum Gasteiger partial charge on any atom is 0.416 e. The van der Waals surface area contributed by atoms with Crippen molar-refractivity contribution in [2.45, 2.75) is 39.0 Å². The molecule has 1 aromatic carbocycles. The number of hydrogen-bond acceptors (Lipinski definition) is 3. The minimum atomic E-state index is -4.43. The van der Waals surface area contributed by atoms with Crippen LogP contribution in [0, 0.1) is 0 Å². The van der Waals surface area contributed by atoms with Gasteiger partial charge in [0.15, 0.2) is 0 Å². The molecule has 0 saturated heterocycles. The van der Waals surface area contributed by atoms with Gasteiger partial charge in [-0.15, -0.1) is 0 Å². The summed E-state index contributed by atoms with van der Waals surface area (Å²) in [7, 11) is 0. The van der Waals surface area contributed by atoms with Gasteiger partial charge in [0.25, 0.3) is 5.56 Å². The fourth-order valence-corrected chi connectivity index (χ4v) is 2.33. The van der Waals surface area contributed by atoms with Crippen LogP contribution in [-0.2, 0) is 12.7 Å². The van der Waals surface area contributed by atoms with Crippen molar-refractivity contribution in [2.75, 3.05) is 5.32 Å². The van der Waals surface area contributed by atoms with Gasteiger partial charge in [0.05, 0.1) is 5.56 Å². The van der Waals surface area contributed by atoms with E-state index in [1.807, 2.05) is 6.92 Å². The first kappa shape index (κ1) is 17.8. The van der Waals surface area contributed by atoms with Crippen molar-refractivity contribution < 1.29 is 13.2 Å². The smallest absolute Gasteiger partial charge is 0.365 e. The average molecular weight is 341 g/mol. The van der Waals surface area contributed by atoms with E-state index in [0.29, 0.717) is 18.5 Å². The number of alkyl halides is 3. The summed E-state index contributed by atoms with van der Waals surface area (Å²) in [5.74, 6) is 0.169. The summed E-state index contributed by atoms with van der Waals surface area (Å²) in [4.78, 5) is 26.3. The highest BCUT2D eigenvalue weighted by atomic mass is 19.4. The van der Waals surface area contributed by atoms with E-state index in [9.17, 15) is 22.8 Å². The summed E-state index contributed by atoms with van der Waals surface area (Å²) in [6, 6.07) is 5.59. The highest BCUT2D eigenvalue weighted by Gasteiger charge is 2.30. The summed E-state index contributed by atoms with van der Waals surface area (Å²) < 4.78 is 39.4. The minimum absolute atomic E-state index is 0.169. The largest absolute Gasteiger partial charge is 0.416 e. The number of nitrogens with zero attached hydrogens (tertiary/aromatic N) is 1. The van der Waals surface area contributed by atoms with Crippen LogP contribution in [0.25, 0.3) is 0 Å². The van der Waals surface area contributed by atoms with Crippen molar-refractivity contribution in [1.29, 1.82) is 0 Å². The zero-order valence-corrected chi connectivity index (χ0v) is 13.3. The molecule has 2 rings (SSSR count). The Morgan fingerprint density at radius 2 is 1.96 bits per heavy atom. The molecule has 0 radical (unpaired) electrons. The lowest BCUT2D eigenvalue weighted by molar-refractivity contribution is -0.137. The van der Waals surface area contributed by atoms with Crippen molar-refractivity contribution in [3.05, 3.63) is 62.3 Å². The van der Waals surface area contributed by atoms with Gasteiger partial charge in [-0.25, -0.2) is 4.79 Å². The van der Waals surface area contributed by atoms with Gasteiger partial charge in [0.2, 0.25) is 0 Å². The molecule has 2 N–H and O–H groups in total. The van der Waals surface area contributed by atoms with Crippen molar-refractivity contribution in [3.8, 4) is 0 Å². The number of H-pyrrole nitrogens is 1. The topological polar surface area (TPSA) is 66.9 Å². The molecule has 24 heavy (non-hydrogen) atoms. The second-order valence-electron chi connectivity index (χ2n) is 5.47. The van der Waals surface area contributed by atoms with Gasteiger partial charge >= 0.3 is 11.9 Å². The zero-order valence-electron chi connectivity index (χ0n) is 13.3. The SMILES string of the molecule is CCCn1c(=O)cc(N[C@@H](C)c2cccc(C(F)(F)F)c2)[nH]c1=O. The Morgan fingerprint density at radius 3 is 2.54 bits per heavy atom. The van der Waals surface area contributed by atoms with Gasteiger partial charge in [-0.1, -0.05) is 19.1 Å². The Morgan fingerprint density at radius 1 is 1.25 bits per heavy atom. The van der Waals surface area contributed by atoms with Crippen LogP contribution in [-0.4, -0.2) is 9.55 Å². The molecule has 0 amide bonds. The van der Waals surface area contributed by atoms with Crippen molar-refractivity contribution >= 4 is 5.82 Å². The third kappa shape index (κ3) is 4.06. The van der Waals surface area contributed by atoms with E-state index >= 15 is 0 Å². The Hall–Kier alpha value is -2.51. The number of benzene rings is 1. The van der Waals surface area contributed by atoms with E-state index in [1.54, 1.807) is 13.0 Å². The fraction of sp³-hybridized carbons (Fsp3) is 0.375. The molecule has 0 aliphatic heterocycles. The summed E-state index contributed by atoms with van der Waals surface area (Å²) in [6.45, 7) is 3.79. The van der Waals surface area contributed by atoms with Crippen LogP contribution in [0.1, 0.15) is 37.4 Å². The molecule has 1 heterocycles. The van der Waals surface area contributed by atoms with Crippen LogP contribution in [0.4, 0.5) is 19.0 Å². The minimum Gasteiger partial charge on any atom is -0.365 e. The predicted molar refractivity (Wildman–Crippen MR) is 85.1 cm³/mol. The standard InChI is InChI=1S/C16H18F3N3O2/c1-3-7-22-14(23)9-13(21-15(22)24)20-10(2)11-5-4-6-12(8-11)16(17,18)19/h4-6,8-10,20H,3,7H2,1-2H3,(H,21,24)/t10-/m0/s1. The second-order valence-corrected chi connectivity index (χ2v) is 5.47. The molecule has 0 aliphatic rings. The fourth-order valence-electron chi connectivity index (χ4n) is 2.33. The number of nitrogens with one attached hydrogen (secondary N) is 2. The number of hydrogen-bond donors (Lipinski definition) is 2. The Labute approximate surface area is 136 Å². The second kappa shape index (κ2) is 6.94. The quantitative estimate of drug-likeness (QED) is 0.878. The number of rotatable bonds is 5. The first-order valence-corrected chi connectivity index (χ1v) is 7.50. The molecule has 5 nitrogen and oxygen atoms in total. The van der Waals surface area contributed by atoms with Gasteiger partial charge in [-0.05, 0) is 31.0 Å². The summed E-state index contributed by atoms with van der Waals surface area (Å²) in [6.07, 6.45) is -3.79. The Balaban J connectivity index is 2.26. The predicted octanol–water partition coefficient (Wildman–Crippen LogP) is 3.14. The summed E-state index contributed by atoms with van der Waals surface area (Å²) in [5.41, 5.74) is -1.37. The highest BCUT2D eigenvalue weighted by molar-refractivity contribution is 5.38. The van der Waals surface area contributed by atoms with E-state index in [2.05, 4.69) is 10.3 Å². The van der Waals surface area contributed by atoms with Crippen LogP contribution in [0.2, 0.25) is 0 Å². The third-order valence-corrected chi connectivity index (χ3v) is 3.55. The molecule has 0 fully saturated rings. The van der Waals surface area contributed by atoms with Gasteiger partial charge in [0.1, 0.15) is 5.82 Å². The van der Waals surface area contributed by atoms with E-state index in [-0.39, 0.29) is 5.82 Å². The maximum atomic E-state index is 12.8. The maximum absolute atomic E-state index is 12.8. The first-order chi connectivity index (χ1) is 11.2. The van der Waals surface area contributed by atoms with Gasteiger partial charge in [0, 0.05) is 18.7 Å². The number of halogens is 3. The molecule has 1 aromatic heterocycles. The number of anilines is 1. The van der Waals surface area contributed by atoms with Gasteiger partial charge in [-0.3, -0.25) is 14.3 Å². The molecular weight excluding hydrogens is 323 g/mol. The van der Waals surface area contributed by atoms with Gasteiger partial charge in [-0.2, -0.15) is 13.2 Å².